The molecular weight excluding hydrogens is 290 g/mol. The maximum absolute atomic E-state index is 5.50. The smallest absolute Gasteiger partial charge is 0.237 e. The van der Waals surface area contributed by atoms with Crippen LogP contribution in [-0.4, -0.2) is 36.9 Å². The van der Waals surface area contributed by atoms with Crippen LogP contribution in [0.1, 0.15) is 5.89 Å². The lowest BCUT2D eigenvalue weighted by atomic mass is 10.2. The first-order valence-corrected chi connectivity index (χ1v) is 7.32. The Kier molecular flexibility index (Phi) is 4.22. The van der Waals surface area contributed by atoms with Gasteiger partial charge in [0, 0.05) is 12.1 Å². The maximum Gasteiger partial charge on any atom is 0.237 e. The van der Waals surface area contributed by atoms with Gasteiger partial charge in [0.25, 0.3) is 0 Å². The van der Waals surface area contributed by atoms with E-state index in [2.05, 4.69) is 25.7 Å². The summed E-state index contributed by atoms with van der Waals surface area (Å²) in [5.41, 5.74) is 6.42. The lowest BCUT2D eigenvalue weighted by molar-refractivity contribution is 0.391. The van der Waals surface area contributed by atoms with Crippen molar-refractivity contribution in [2.45, 2.75) is 17.5 Å². The van der Waals surface area contributed by atoms with Gasteiger partial charge >= 0.3 is 0 Å². The molecule has 0 saturated heterocycles. The lowest BCUT2D eigenvalue weighted by Crippen LogP contribution is -2.12. The van der Waals surface area contributed by atoms with Crippen molar-refractivity contribution in [2.24, 2.45) is 5.73 Å². The Bertz CT molecular complexity index is 696. The largest absolute Gasteiger partial charge is 0.338 e. The van der Waals surface area contributed by atoms with Gasteiger partial charge in [0.2, 0.25) is 16.9 Å². The molecule has 3 aromatic rings. The Morgan fingerprint density at radius 1 is 1.24 bits per heavy atom. The van der Waals surface area contributed by atoms with E-state index in [-0.39, 0.29) is 0 Å². The van der Waals surface area contributed by atoms with Gasteiger partial charge in [0.15, 0.2) is 0 Å². The highest BCUT2D eigenvalue weighted by Gasteiger charge is 2.11. The van der Waals surface area contributed by atoms with Gasteiger partial charge in [-0.1, -0.05) is 47.3 Å². The van der Waals surface area contributed by atoms with Crippen LogP contribution in [0.5, 0.6) is 0 Å². The van der Waals surface area contributed by atoms with Crippen molar-refractivity contribution < 1.29 is 4.52 Å². The molecule has 0 aliphatic carbocycles. The minimum absolute atomic E-state index is 0.483. The van der Waals surface area contributed by atoms with Crippen LogP contribution in [0.15, 0.2) is 40.0 Å². The van der Waals surface area contributed by atoms with Crippen LogP contribution in [0.25, 0.3) is 11.4 Å². The fraction of sp³-hybridized carbons (Fsp3) is 0.250. The third-order valence-electron chi connectivity index (χ3n) is 2.66. The zero-order valence-corrected chi connectivity index (χ0v) is 11.9. The monoisotopic (exact) mass is 303 g/mol. The summed E-state index contributed by atoms with van der Waals surface area (Å²) in [6, 6.07) is 9.67. The van der Waals surface area contributed by atoms with E-state index in [1.165, 1.54) is 11.8 Å². The van der Waals surface area contributed by atoms with Crippen LogP contribution in [0.2, 0.25) is 0 Å². The second-order valence-corrected chi connectivity index (χ2v) is 5.08. The molecule has 0 unspecified atom stereocenters. The molecule has 1 aromatic carbocycles. The summed E-state index contributed by atoms with van der Waals surface area (Å²) in [6.07, 6.45) is 0. The average molecular weight is 303 g/mol. The lowest BCUT2D eigenvalue weighted by Gasteiger charge is -1.99. The summed E-state index contributed by atoms with van der Waals surface area (Å²) < 4.78 is 6.88. The fourth-order valence-electron chi connectivity index (χ4n) is 1.71. The van der Waals surface area contributed by atoms with Crippen LogP contribution in [0, 0.1) is 0 Å². The number of thioether (sulfide) groups is 1. The predicted octanol–water partition coefficient (Wildman–Crippen LogP) is 0.974. The minimum atomic E-state index is 0.483. The quantitative estimate of drug-likeness (QED) is 0.671. The molecule has 108 valence electrons. The standard InChI is InChI=1S/C12H13N7OS/c13-6-7-19-12(15-17-18-19)21-8-10-14-11(16-20-10)9-4-2-1-3-5-9/h1-5H,6-8,13H2. The Morgan fingerprint density at radius 3 is 2.90 bits per heavy atom. The molecule has 0 aliphatic heterocycles. The molecule has 0 saturated carbocycles. The highest BCUT2D eigenvalue weighted by atomic mass is 32.2. The van der Waals surface area contributed by atoms with Crippen LogP contribution in [-0.2, 0) is 12.3 Å². The Labute approximate surface area is 124 Å². The number of rotatable bonds is 6. The number of aromatic nitrogens is 6. The van der Waals surface area contributed by atoms with Gasteiger partial charge in [-0.25, -0.2) is 4.68 Å². The van der Waals surface area contributed by atoms with E-state index in [4.69, 9.17) is 10.3 Å². The van der Waals surface area contributed by atoms with Gasteiger partial charge in [-0.3, -0.25) is 0 Å². The summed E-state index contributed by atoms with van der Waals surface area (Å²) in [6.45, 7) is 1.06. The summed E-state index contributed by atoms with van der Waals surface area (Å²) in [4.78, 5) is 4.35. The summed E-state index contributed by atoms with van der Waals surface area (Å²) in [7, 11) is 0. The number of benzene rings is 1. The van der Waals surface area contributed by atoms with Gasteiger partial charge in [-0.15, -0.1) is 5.10 Å². The van der Waals surface area contributed by atoms with Crippen molar-refractivity contribution in [1.82, 2.24) is 30.3 Å². The van der Waals surface area contributed by atoms with E-state index in [9.17, 15) is 0 Å². The van der Waals surface area contributed by atoms with Crippen molar-refractivity contribution in [2.75, 3.05) is 6.54 Å². The number of hydrogen-bond acceptors (Lipinski definition) is 8. The second-order valence-electron chi connectivity index (χ2n) is 4.14. The van der Waals surface area contributed by atoms with E-state index in [0.29, 0.717) is 35.7 Å². The average Bonchev–Trinajstić information content (AvgIpc) is 3.16. The third-order valence-corrected chi connectivity index (χ3v) is 3.61. The molecule has 2 aromatic heterocycles. The van der Waals surface area contributed by atoms with E-state index in [1.807, 2.05) is 30.3 Å². The molecule has 21 heavy (non-hydrogen) atoms. The minimum Gasteiger partial charge on any atom is -0.338 e. The molecule has 9 heteroatoms. The summed E-state index contributed by atoms with van der Waals surface area (Å²) >= 11 is 1.43. The highest BCUT2D eigenvalue weighted by Crippen LogP contribution is 2.21. The highest BCUT2D eigenvalue weighted by molar-refractivity contribution is 7.98. The number of nitrogens with two attached hydrogens (primary N) is 1. The molecule has 0 radical (unpaired) electrons. The van der Waals surface area contributed by atoms with Gasteiger partial charge < -0.3 is 10.3 Å². The van der Waals surface area contributed by atoms with Crippen molar-refractivity contribution in [3.63, 3.8) is 0 Å². The summed E-state index contributed by atoms with van der Waals surface area (Å²) in [5.74, 6) is 1.61. The number of tetrazole rings is 1. The molecule has 0 spiro atoms. The van der Waals surface area contributed by atoms with E-state index in [1.54, 1.807) is 4.68 Å². The van der Waals surface area contributed by atoms with Crippen LogP contribution >= 0.6 is 11.8 Å². The fourth-order valence-corrected chi connectivity index (χ4v) is 2.45. The molecule has 8 nitrogen and oxygen atoms in total. The van der Waals surface area contributed by atoms with Crippen LogP contribution < -0.4 is 5.73 Å². The van der Waals surface area contributed by atoms with Gasteiger partial charge in [0.1, 0.15) is 0 Å². The molecule has 0 amide bonds. The van der Waals surface area contributed by atoms with Gasteiger partial charge in [0.05, 0.1) is 12.3 Å². The SMILES string of the molecule is NCCn1nnnc1SCc1nc(-c2ccccc2)no1. The van der Waals surface area contributed by atoms with E-state index < -0.39 is 0 Å². The van der Waals surface area contributed by atoms with Crippen molar-refractivity contribution in [1.29, 1.82) is 0 Å². The van der Waals surface area contributed by atoms with Crippen LogP contribution in [0.3, 0.4) is 0 Å². The van der Waals surface area contributed by atoms with Gasteiger partial charge in [-0.2, -0.15) is 4.98 Å². The first-order chi connectivity index (χ1) is 10.4. The molecule has 2 heterocycles. The van der Waals surface area contributed by atoms with Crippen LogP contribution in [0.4, 0.5) is 0 Å². The molecule has 2 N–H and O–H groups in total. The number of nitrogens with zero attached hydrogens (tertiary/aromatic N) is 6. The molecule has 3 rings (SSSR count). The van der Waals surface area contributed by atoms with Crippen molar-refractivity contribution in [3.8, 4) is 11.4 Å². The molecule has 0 fully saturated rings. The zero-order chi connectivity index (χ0) is 14.5. The topological polar surface area (TPSA) is 109 Å². The zero-order valence-electron chi connectivity index (χ0n) is 11.1. The molecule has 0 bridgehead atoms. The summed E-state index contributed by atoms with van der Waals surface area (Å²) in [5, 5.41) is 16.1. The second kappa shape index (κ2) is 6.46. The van der Waals surface area contributed by atoms with E-state index in [0.717, 1.165) is 5.56 Å². The number of hydrogen-bond donors (Lipinski definition) is 1. The van der Waals surface area contributed by atoms with Crippen molar-refractivity contribution >= 4 is 11.8 Å². The Balaban J connectivity index is 1.66. The van der Waals surface area contributed by atoms with Gasteiger partial charge in [-0.05, 0) is 10.4 Å². The Hall–Kier alpha value is -2.26. The Morgan fingerprint density at radius 2 is 2.10 bits per heavy atom. The first kappa shape index (κ1) is 13.7. The molecule has 0 atom stereocenters. The molecule has 0 aliphatic rings. The predicted molar refractivity (Wildman–Crippen MR) is 76.2 cm³/mol. The maximum atomic E-state index is 5.50. The first-order valence-electron chi connectivity index (χ1n) is 6.34. The third kappa shape index (κ3) is 3.26. The normalized spacial score (nSPS) is 10.9. The molecular formula is C12H13N7OS. The van der Waals surface area contributed by atoms with Crippen molar-refractivity contribution in [3.05, 3.63) is 36.2 Å². The van der Waals surface area contributed by atoms with E-state index >= 15 is 0 Å².